The summed E-state index contributed by atoms with van der Waals surface area (Å²) in [6, 6.07) is 11.3. The molecule has 0 spiro atoms. The van der Waals surface area contributed by atoms with Crippen molar-refractivity contribution in [2.24, 2.45) is 0 Å². The van der Waals surface area contributed by atoms with Crippen LogP contribution >= 0.6 is 0 Å². The van der Waals surface area contributed by atoms with E-state index in [-0.39, 0.29) is 18.1 Å². The van der Waals surface area contributed by atoms with Crippen LogP contribution in [-0.4, -0.2) is 19.6 Å². The molecule has 2 aromatic carbocycles. The first-order valence-electron chi connectivity index (χ1n) is 9.67. The number of rotatable bonds is 6. The second-order valence-corrected chi connectivity index (χ2v) is 7.21. The minimum atomic E-state index is -0.267. The van der Waals surface area contributed by atoms with Crippen molar-refractivity contribution < 1.29 is 18.7 Å². The topological polar surface area (TPSA) is 77.8 Å². The third-order valence-corrected chi connectivity index (χ3v) is 5.21. The molecule has 1 aliphatic rings. The second kappa shape index (κ2) is 7.99. The van der Waals surface area contributed by atoms with Crippen molar-refractivity contribution in [3.05, 3.63) is 69.1 Å². The molecule has 1 aliphatic carbocycles. The molecule has 0 aliphatic heterocycles. The molecule has 0 radical (unpaired) electrons. The number of para-hydroxylation sites is 1. The van der Waals surface area contributed by atoms with Gasteiger partial charge in [-0.25, -0.2) is 4.79 Å². The van der Waals surface area contributed by atoms with Crippen LogP contribution in [0.15, 0.2) is 45.6 Å². The summed E-state index contributed by atoms with van der Waals surface area (Å²) < 4.78 is 16.7. The zero-order valence-corrected chi connectivity index (χ0v) is 16.5. The Morgan fingerprint density at radius 2 is 1.93 bits per heavy atom. The van der Waals surface area contributed by atoms with Gasteiger partial charge in [0.15, 0.2) is 6.61 Å². The molecule has 0 atom stereocenters. The number of carbonyl (C=O) groups excluding carboxylic acids is 1. The fourth-order valence-corrected chi connectivity index (χ4v) is 3.86. The third kappa shape index (κ3) is 3.83. The molecule has 0 saturated carbocycles. The molecule has 29 heavy (non-hydrogen) atoms. The Bertz CT molecular complexity index is 1130. The predicted molar refractivity (Wildman–Crippen MR) is 110 cm³/mol. The maximum Gasteiger partial charge on any atom is 0.339 e. The van der Waals surface area contributed by atoms with Gasteiger partial charge in [0.1, 0.15) is 17.1 Å². The number of benzene rings is 2. The lowest BCUT2D eigenvalue weighted by Crippen LogP contribution is -2.28. The zero-order valence-electron chi connectivity index (χ0n) is 16.5. The molecule has 1 amide bonds. The van der Waals surface area contributed by atoms with E-state index in [0.29, 0.717) is 17.9 Å². The Labute approximate surface area is 168 Å². The van der Waals surface area contributed by atoms with E-state index in [1.807, 2.05) is 43.3 Å². The first kappa shape index (κ1) is 19.1. The number of amides is 1. The summed E-state index contributed by atoms with van der Waals surface area (Å²) in [4.78, 5) is 24.6. The molecule has 0 unspecified atom stereocenters. The SMILES string of the molecule is COc1ccccc1CNC(=O)COc1cc(C)cc2oc(=O)c3c(c12)CCC3. The number of hydrogen-bond acceptors (Lipinski definition) is 5. The van der Waals surface area contributed by atoms with Crippen molar-refractivity contribution in [1.82, 2.24) is 5.32 Å². The standard InChI is InChI=1S/C23H23NO5/c1-14-10-19(22-16-7-5-8-17(16)23(26)29-20(22)11-14)28-13-21(25)24-12-15-6-3-4-9-18(15)27-2/h3-4,6,9-11H,5,7-8,12-13H2,1-2H3,(H,24,25). The highest BCUT2D eigenvalue weighted by molar-refractivity contribution is 5.89. The number of methoxy groups -OCH3 is 1. The highest BCUT2D eigenvalue weighted by Gasteiger charge is 2.22. The van der Waals surface area contributed by atoms with E-state index in [1.165, 1.54) is 0 Å². The Kier molecular flexibility index (Phi) is 5.25. The molecule has 0 bridgehead atoms. The Morgan fingerprint density at radius 3 is 2.76 bits per heavy atom. The molecular formula is C23H23NO5. The average molecular weight is 393 g/mol. The first-order valence-corrected chi connectivity index (χ1v) is 9.67. The van der Waals surface area contributed by atoms with Gasteiger partial charge in [-0.2, -0.15) is 0 Å². The van der Waals surface area contributed by atoms with Crippen LogP contribution in [0.3, 0.4) is 0 Å². The molecule has 4 rings (SSSR count). The summed E-state index contributed by atoms with van der Waals surface area (Å²) in [5.41, 5.74) is 3.76. The number of aryl methyl sites for hydroxylation is 2. The third-order valence-electron chi connectivity index (χ3n) is 5.21. The minimum absolute atomic E-state index is 0.123. The number of carbonyl (C=O) groups is 1. The highest BCUT2D eigenvalue weighted by atomic mass is 16.5. The van der Waals surface area contributed by atoms with Gasteiger partial charge < -0.3 is 19.2 Å². The van der Waals surface area contributed by atoms with Crippen LogP contribution in [0, 0.1) is 6.92 Å². The van der Waals surface area contributed by atoms with Gasteiger partial charge in [-0.1, -0.05) is 18.2 Å². The molecule has 6 nitrogen and oxygen atoms in total. The molecule has 1 aromatic heterocycles. The molecule has 0 fully saturated rings. The lowest BCUT2D eigenvalue weighted by Gasteiger charge is -2.13. The monoisotopic (exact) mass is 393 g/mol. The summed E-state index contributed by atoms with van der Waals surface area (Å²) in [6.45, 7) is 2.13. The smallest absolute Gasteiger partial charge is 0.339 e. The molecular weight excluding hydrogens is 370 g/mol. The van der Waals surface area contributed by atoms with E-state index in [0.717, 1.165) is 52.7 Å². The molecule has 1 N–H and O–H groups in total. The summed E-state index contributed by atoms with van der Waals surface area (Å²) >= 11 is 0. The molecule has 0 saturated heterocycles. The van der Waals surface area contributed by atoms with Crippen LogP contribution in [-0.2, 0) is 24.2 Å². The lowest BCUT2D eigenvalue weighted by atomic mass is 10.0. The normalized spacial score (nSPS) is 12.6. The number of ether oxygens (including phenoxy) is 2. The van der Waals surface area contributed by atoms with Gasteiger partial charge in [-0.15, -0.1) is 0 Å². The Balaban J connectivity index is 1.52. The van der Waals surface area contributed by atoms with Crippen LogP contribution in [0.25, 0.3) is 11.0 Å². The second-order valence-electron chi connectivity index (χ2n) is 7.21. The average Bonchev–Trinajstić information content (AvgIpc) is 3.20. The van der Waals surface area contributed by atoms with E-state index in [9.17, 15) is 9.59 Å². The zero-order chi connectivity index (χ0) is 20.4. The molecule has 1 heterocycles. The maximum atomic E-state index is 12.3. The van der Waals surface area contributed by atoms with Crippen molar-refractivity contribution >= 4 is 16.9 Å². The van der Waals surface area contributed by atoms with Gasteiger partial charge in [0.2, 0.25) is 0 Å². The minimum Gasteiger partial charge on any atom is -0.496 e. The predicted octanol–water partition coefficient (Wildman–Crippen LogP) is 3.29. The van der Waals surface area contributed by atoms with Crippen LogP contribution in [0.2, 0.25) is 0 Å². The maximum absolute atomic E-state index is 12.3. The Morgan fingerprint density at radius 1 is 1.14 bits per heavy atom. The summed E-state index contributed by atoms with van der Waals surface area (Å²) in [5, 5.41) is 3.66. The lowest BCUT2D eigenvalue weighted by molar-refractivity contribution is -0.123. The summed E-state index contributed by atoms with van der Waals surface area (Å²) in [7, 11) is 1.60. The van der Waals surface area contributed by atoms with Gasteiger partial charge in [0, 0.05) is 17.7 Å². The fraction of sp³-hybridized carbons (Fsp3) is 0.304. The van der Waals surface area contributed by atoms with Crippen LogP contribution in [0.1, 0.15) is 28.7 Å². The first-order chi connectivity index (χ1) is 14.1. The molecule has 6 heteroatoms. The van der Waals surface area contributed by atoms with Crippen LogP contribution in [0.4, 0.5) is 0 Å². The van der Waals surface area contributed by atoms with Gasteiger partial charge in [-0.05, 0) is 55.5 Å². The van der Waals surface area contributed by atoms with Gasteiger partial charge in [-0.3, -0.25) is 4.79 Å². The Hall–Kier alpha value is -3.28. The summed E-state index contributed by atoms with van der Waals surface area (Å²) in [5.74, 6) is 1.07. The fourth-order valence-electron chi connectivity index (χ4n) is 3.86. The van der Waals surface area contributed by atoms with Crippen LogP contribution < -0.4 is 20.4 Å². The van der Waals surface area contributed by atoms with E-state index < -0.39 is 0 Å². The number of nitrogens with one attached hydrogen (secondary N) is 1. The van der Waals surface area contributed by atoms with E-state index in [4.69, 9.17) is 13.9 Å². The summed E-state index contributed by atoms with van der Waals surface area (Å²) in [6.07, 6.45) is 2.46. The van der Waals surface area contributed by atoms with Gasteiger partial charge in [0.25, 0.3) is 5.91 Å². The van der Waals surface area contributed by atoms with Crippen molar-refractivity contribution in [3.8, 4) is 11.5 Å². The van der Waals surface area contributed by atoms with Crippen molar-refractivity contribution in [1.29, 1.82) is 0 Å². The van der Waals surface area contributed by atoms with Crippen LogP contribution in [0.5, 0.6) is 11.5 Å². The van der Waals surface area contributed by atoms with E-state index in [1.54, 1.807) is 7.11 Å². The van der Waals surface area contributed by atoms with Crippen molar-refractivity contribution in [2.45, 2.75) is 32.7 Å². The number of fused-ring (bicyclic) bond motifs is 3. The van der Waals surface area contributed by atoms with Gasteiger partial charge >= 0.3 is 5.63 Å². The van der Waals surface area contributed by atoms with Gasteiger partial charge in [0.05, 0.1) is 12.5 Å². The van der Waals surface area contributed by atoms with Crippen molar-refractivity contribution in [3.63, 3.8) is 0 Å². The molecule has 150 valence electrons. The quantitative estimate of drug-likeness (QED) is 0.650. The van der Waals surface area contributed by atoms with E-state index in [2.05, 4.69) is 5.32 Å². The highest BCUT2D eigenvalue weighted by Crippen LogP contribution is 2.35. The van der Waals surface area contributed by atoms with E-state index >= 15 is 0 Å². The molecule has 3 aromatic rings. The largest absolute Gasteiger partial charge is 0.496 e. The number of hydrogen-bond donors (Lipinski definition) is 1. The van der Waals surface area contributed by atoms with Crippen molar-refractivity contribution in [2.75, 3.05) is 13.7 Å².